The lowest BCUT2D eigenvalue weighted by molar-refractivity contribution is -0.253. The molecule has 0 bridgehead atoms. The fourth-order valence-electron chi connectivity index (χ4n) is 6.41. The fourth-order valence-corrected chi connectivity index (χ4v) is 6.41. The lowest BCUT2D eigenvalue weighted by Crippen LogP contribution is -2.41. The molecule has 3 atom stereocenters. The standard InChI is InChI=1S/C38H42N2O6/c1-25(42)39-21-31-6-4-5-7-34(31)27-12-14-29(15-13-27)38-45-33(20-35(46-38)28-10-8-26(24-41)9-11-28)23-40-17-16-30-18-36(43-2)37(44-3)19-32(30)22-40/h4-15,18-19,33,35,38,41H,16-17,20-24H2,1-3H3,(H,39,42). The second kappa shape index (κ2) is 14.5. The molecule has 6 rings (SSSR count). The Kier molecular flexibility index (Phi) is 10.00. The molecule has 4 aromatic rings. The Labute approximate surface area is 270 Å². The number of benzene rings is 4. The molecule has 2 N–H and O–H groups in total. The van der Waals surface area contributed by atoms with Crippen LogP contribution in [0.25, 0.3) is 11.1 Å². The van der Waals surface area contributed by atoms with Gasteiger partial charge in [0.15, 0.2) is 17.8 Å². The molecule has 0 aliphatic carbocycles. The zero-order chi connectivity index (χ0) is 32.0. The van der Waals surface area contributed by atoms with Crippen LogP contribution < -0.4 is 14.8 Å². The molecule has 4 aromatic carbocycles. The van der Waals surface area contributed by atoms with Gasteiger partial charge in [0.2, 0.25) is 5.91 Å². The zero-order valence-corrected chi connectivity index (χ0v) is 26.7. The molecule has 3 unspecified atom stereocenters. The van der Waals surface area contributed by atoms with Gasteiger partial charge in [0, 0.05) is 45.1 Å². The predicted molar refractivity (Wildman–Crippen MR) is 176 cm³/mol. The van der Waals surface area contributed by atoms with Crippen molar-refractivity contribution in [1.29, 1.82) is 0 Å². The first kappa shape index (κ1) is 31.8. The van der Waals surface area contributed by atoms with Crippen molar-refractivity contribution in [3.8, 4) is 22.6 Å². The van der Waals surface area contributed by atoms with E-state index in [1.54, 1.807) is 14.2 Å². The second-order valence-corrected chi connectivity index (χ2v) is 12.0. The van der Waals surface area contributed by atoms with Gasteiger partial charge in [-0.3, -0.25) is 9.69 Å². The Hall–Kier alpha value is -4.21. The number of fused-ring (bicyclic) bond motifs is 1. The molecule has 1 amide bonds. The Bertz CT molecular complexity index is 1640. The van der Waals surface area contributed by atoms with E-state index in [2.05, 4.69) is 52.7 Å². The van der Waals surface area contributed by atoms with Crippen molar-refractivity contribution in [1.82, 2.24) is 10.2 Å². The van der Waals surface area contributed by atoms with Crippen LogP contribution in [0, 0.1) is 0 Å². The van der Waals surface area contributed by atoms with E-state index in [0.29, 0.717) is 6.54 Å². The molecule has 0 aromatic heterocycles. The number of amides is 1. The zero-order valence-electron chi connectivity index (χ0n) is 26.7. The first-order valence-corrected chi connectivity index (χ1v) is 15.8. The average molecular weight is 623 g/mol. The van der Waals surface area contributed by atoms with Gasteiger partial charge in [0.05, 0.1) is 33.0 Å². The number of hydrogen-bond acceptors (Lipinski definition) is 7. The van der Waals surface area contributed by atoms with Gasteiger partial charge in [0.25, 0.3) is 0 Å². The molecule has 2 aliphatic rings. The number of rotatable bonds is 10. The topological polar surface area (TPSA) is 89.5 Å². The Morgan fingerprint density at radius 1 is 0.913 bits per heavy atom. The van der Waals surface area contributed by atoms with E-state index in [-0.39, 0.29) is 24.7 Å². The molecule has 8 nitrogen and oxygen atoms in total. The molecule has 8 heteroatoms. The van der Waals surface area contributed by atoms with Gasteiger partial charge in [0.1, 0.15) is 0 Å². The first-order chi connectivity index (χ1) is 22.4. The summed E-state index contributed by atoms with van der Waals surface area (Å²) in [6.07, 6.45) is 0.904. The number of carbonyl (C=O) groups excluding carboxylic acids is 1. The SMILES string of the molecule is COc1cc2c(cc1OC)CN(CC1CC(c3ccc(CO)cc3)OC(c3ccc(-c4ccccc4CNC(C)=O)cc3)O1)CC2. The van der Waals surface area contributed by atoms with Gasteiger partial charge >= 0.3 is 0 Å². The smallest absolute Gasteiger partial charge is 0.217 e. The maximum Gasteiger partial charge on any atom is 0.217 e. The number of ether oxygens (including phenoxy) is 4. The maximum absolute atomic E-state index is 11.5. The largest absolute Gasteiger partial charge is 0.493 e. The molecule has 0 radical (unpaired) electrons. The lowest BCUT2D eigenvalue weighted by atomic mass is 9.96. The number of aliphatic hydroxyl groups is 1. The second-order valence-electron chi connectivity index (χ2n) is 12.0. The summed E-state index contributed by atoms with van der Waals surface area (Å²) in [7, 11) is 3.35. The van der Waals surface area contributed by atoms with E-state index in [4.69, 9.17) is 18.9 Å². The van der Waals surface area contributed by atoms with Crippen molar-refractivity contribution in [2.75, 3.05) is 27.3 Å². The summed E-state index contributed by atoms with van der Waals surface area (Å²) in [4.78, 5) is 14.0. The molecular weight excluding hydrogens is 580 g/mol. The Morgan fingerprint density at radius 3 is 2.30 bits per heavy atom. The summed E-state index contributed by atoms with van der Waals surface area (Å²) in [6.45, 7) is 4.52. The van der Waals surface area contributed by atoms with Crippen molar-refractivity contribution in [2.24, 2.45) is 0 Å². The van der Waals surface area contributed by atoms with E-state index >= 15 is 0 Å². The van der Waals surface area contributed by atoms with E-state index < -0.39 is 6.29 Å². The summed E-state index contributed by atoms with van der Waals surface area (Å²) < 4.78 is 24.4. The fraction of sp³-hybridized carbons (Fsp3) is 0.342. The minimum absolute atomic E-state index is 0.00749. The van der Waals surface area contributed by atoms with Gasteiger partial charge in [-0.05, 0) is 57.5 Å². The number of methoxy groups -OCH3 is 2. The predicted octanol–water partition coefficient (Wildman–Crippen LogP) is 6.10. The van der Waals surface area contributed by atoms with Crippen molar-refractivity contribution in [3.05, 3.63) is 118 Å². The molecule has 0 saturated carbocycles. The normalized spacial score (nSPS) is 19.7. The van der Waals surface area contributed by atoms with Crippen LogP contribution in [0.4, 0.5) is 0 Å². The number of carbonyl (C=O) groups is 1. The van der Waals surface area contributed by atoms with Crippen LogP contribution in [0.5, 0.6) is 11.5 Å². The van der Waals surface area contributed by atoms with Crippen molar-refractivity contribution < 1.29 is 28.8 Å². The highest BCUT2D eigenvalue weighted by Crippen LogP contribution is 2.40. The number of nitrogens with one attached hydrogen (secondary N) is 1. The van der Waals surface area contributed by atoms with E-state index in [1.807, 2.05) is 42.5 Å². The molecule has 240 valence electrons. The van der Waals surface area contributed by atoms with Gasteiger partial charge in [-0.1, -0.05) is 72.8 Å². The third-order valence-electron chi connectivity index (χ3n) is 8.91. The molecular formula is C38H42N2O6. The number of aliphatic hydroxyl groups excluding tert-OH is 1. The summed E-state index contributed by atoms with van der Waals surface area (Å²) in [6, 6.07) is 28.6. The highest BCUT2D eigenvalue weighted by molar-refractivity contribution is 5.74. The summed E-state index contributed by atoms with van der Waals surface area (Å²) in [5, 5.41) is 12.5. The number of nitrogens with zero attached hydrogens (tertiary/aromatic N) is 1. The highest BCUT2D eigenvalue weighted by atomic mass is 16.7. The van der Waals surface area contributed by atoms with Crippen LogP contribution in [0.1, 0.15) is 59.1 Å². The van der Waals surface area contributed by atoms with Gasteiger partial charge in [-0.25, -0.2) is 0 Å². The van der Waals surface area contributed by atoms with Crippen LogP contribution in [-0.4, -0.2) is 49.3 Å². The minimum Gasteiger partial charge on any atom is -0.493 e. The molecule has 2 heterocycles. The summed E-state index contributed by atoms with van der Waals surface area (Å²) in [5.74, 6) is 1.46. The minimum atomic E-state index is -0.536. The van der Waals surface area contributed by atoms with Crippen LogP contribution in [0.15, 0.2) is 84.9 Å². The quantitative estimate of drug-likeness (QED) is 0.221. The van der Waals surface area contributed by atoms with E-state index in [1.165, 1.54) is 18.1 Å². The van der Waals surface area contributed by atoms with Crippen molar-refractivity contribution in [3.63, 3.8) is 0 Å². The van der Waals surface area contributed by atoms with E-state index in [9.17, 15) is 9.90 Å². The number of hydrogen-bond donors (Lipinski definition) is 2. The summed E-state index contributed by atoms with van der Waals surface area (Å²) >= 11 is 0. The Morgan fingerprint density at radius 2 is 1.61 bits per heavy atom. The van der Waals surface area contributed by atoms with Crippen molar-refractivity contribution >= 4 is 5.91 Å². The summed E-state index contributed by atoms with van der Waals surface area (Å²) in [5.41, 5.74) is 8.63. The molecule has 1 fully saturated rings. The Balaban J connectivity index is 1.22. The monoisotopic (exact) mass is 622 g/mol. The first-order valence-electron chi connectivity index (χ1n) is 15.8. The van der Waals surface area contributed by atoms with Gasteiger partial charge in [-0.15, -0.1) is 0 Å². The van der Waals surface area contributed by atoms with Crippen LogP contribution in [0.2, 0.25) is 0 Å². The lowest BCUT2D eigenvalue weighted by Gasteiger charge is -2.39. The third-order valence-corrected chi connectivity index (χ3v) is 8.91. The highest BCUT2D eigenvalue weighted by Gasteiger charge is 2.34. The van der Waals surface area contributed by atoms with Crippen LogP contribution in [-0.2, 0) is 40.4 Å². The molecule has 0 spiro atoms. The molecule has 1 saturated heterocycles. The van der Waals surface area contributed by atoms with Crippen molar-refractivity contribution in [2.45, 2.75) is 58.0 Å². The van der Waals surface area contributed by atoms with Gasteiger partial charge in [-0.2, -0.15) is 0 Å². The van der Waals surface area contributed by atoms with Gasteiger partial charge < -0.3 is 29.4 Å². The average Bonchev–Trinajstić information content (AvgIpc) is 3.10. The van der Waals surface area contributed by atoms with E-state index in [0.717, 1.165) is 77.4 Å². The van der Waals surface area contributed by atoms with Crippen LogP contribution in [0.3, 0.4) is 0 Å². The maximum atomic E-state index is 11.5. The van der Waals surface area contributed by atoms with Crippen LogP contribution >= 0.6 is 0 Å². The third kappa shape index (κ3) is 7.26. The molecule has 46 heavy (non-hydrogen) atoms. The molecule has 2 aliphatic heterocycles.